The predicted octanol–water partition coefficient (Wildman–Crippen LogP) is 3.00. The molecule has 1 unspecified atom stereocenters. The Morgan fingerprint density at radius 1 is 1.41 bits per heavy atom. The molecule has 0 saturated carbocycles. The number of alkyl carbamates (subject to hydrolysis) is 1. The highest BCUT2D eigenvalue weighted by Gasteiger charge is 2.31. The molecule has 1 fully saturated rings. The van der Waals surface area contributed by atoms with Crippen molar-refractivity contribution in [2.75, 3.05) is 20.2 Å². The van der Waals surface area contributed by atoms with Crippen molar-refractivity contribution in [3.63, 3.8) is 0 Å². The van der Waals surface area contributed by atoms with Crippen LogP contribution >= 0.6 is 0 Å². The molecule has 7 heteroatoms. The number of cyclic esters (lactones) is 1. The molecule has 1 amide bonds. The van der Waals surface area contributed by atoms with Gasteiger partial charge in [0, 0.05) is 24.2 Å². The molecule has 0 bridgehead atoms. The summed E-state index contributed by atoms with van der Waals surface area (Å²) in [4.78, 5) is 26.2. The molecule has 0 aliphatic carbocycles. The summed E-state index contributed by atoms with van der Waals surface area (Å²) >= 11 is 0. The number of nitrogens with one attached hydrogen (secondary N) is 1. The van der Waals surface area contributed by atoms with E-state index in [-0.39, 0.29) is 18.3 Å². The van der Waals surface area contributed by atoms with Crippen molar-refractivity contribution in [3.05, 3.63) is 30.0 Å². The van der Waals surface area contributed by atoms with Crippen LogP contribution in [0.5, 0.6) is 5.75 Å². The minimum absolute atomic E-state index is 0.0155. The van der Waals surface area contributed by atoms with Gasteiger partial charge >= 0.3 is 6.09 Å². The van der Waals surface area contributed by atoms with Gasteiger partial charge in [-0.15, -0.1) is 0 Å². The topological polar surface area (TPSA) is 83.8 Å². The summed E-state index contributed by atoms with van der Waals surface area (Å²) in [7, 11) is 2.04. The zero-order valence-corrected chi connectivity index (χ0v) is 16.7. The number of nitrogens with zero attached hydrogens (tertiary/aromatic N) is 2. The normalized spacial score (nSPS) is 16.3. The molecule has 1 aromatic heterocycles. The number of amides is 1. The summed E-state index contributed by atoms with van der Waals surface area (Å²) in [5.74, 6) is -0.122. The summed E-state index contributed by atoms with van der Waals surface area (Å²) in [5.41, 5.74) is 1.53. The highest BCUT2D eigenvalue weighted by molar-refractivity contribution is 6.00. The van der Waals surface area contributed by atoms with Gasteiger partial charge in [0.2, 0.25) is 0 Å². The van der Waals surface area contributed by atoms with Gasteiger partial charge in [-0.3, -0.25) is 9.36 Å². The molecule has 1 aliphatic rings. The van der Waals surface area contributed by atoms with E-state index in [1.165, 1.54) is 4.57 Å². The fraction of sp³-hybridized carbons (Fsp3) is 0.500. The fourth-order valence-corrected chi connectivity index (χ4v) is 2.96. The number of fused-ring (bicyclic) bond motifs is 1. The molecule has 0 spiro atoms. The number of rotatable bonds is 5. The quantitative estimate of drug-likeness (QED) is 0.839. The van der Waals surface area contributed by atoms with Crippen LogP contribution in [0, 0.1) is 0 Å². The molecule has 2 heterocycles. The lowest BCUT2D eigenvalue weighted by Gasteiger charge is -2.20. The van der Waals surface area contributed by atoms with Crippen molar-refractivity contribution < 1.29 is 19.4 Å². The molecule has 1 atom stereocenters. The second kappa shape index (κ2) is 8.90. The number of aromatic hydroxyl groups is 1. The molecule has 0 radical (unpaired) electrons. The number of phenols is 1. The minimum Gasteiger partial charge on any atom is -0.507 e. The molecule has 148 valence electrons. The second-order valence-electron chi connectivity index (χ2n) is 6.65. The van der Waals surface area contributed by atoms with Crippen LogP contribution in [0.25, 0.3) is 10.9 Å². The lowest BCUT2D eigenvalue weighted by Crippen LogP contribution is -2.37. The Kier molecular flexibility index (Phi) is 6.85. The number of hydrogen-bond donors (Lipinski definition) is 2. The van der Waals surface area contributed by atoms with Crippen LogP contribution in [-0.2, 0) is 11.2 Å². The van der Waals surface area contributed by atoms with Crippen LogP contribution in [-0.4, -0.2) is 58.9 Å². The van der Waals surface area contributed by atoms with Gasteiger partial charge < -0.3 is 20.1 Å². The van der Waals surface area contributed by atoms with Gasteiger partial charge in [0.05, 0.1) is 5.52 Å². The summed E-state index contributed by atoms with van der Waals surface area (Å²) in [6.07, 6.45) is 1.87. The Balaban J connectivity index is 0.00000126. The second-order valence-corrected chi connectivity index (χ2v) is 6.65. The number of carbonyl (C=O) groups is 2. The van der Waals surface area contributed by atoms with Crippen LogP contribution < -0.4 is 5.32 Å². The average molecular weight is 375 g/mol. The molecule has 2 aromatic rings. The molecule has 2 N–H and O–H groups in total. The highest BCUT2D eigenvalue weighted by Crippen LogP contribution is 2.30. The first-order valence-corrected chi connectivity index (χ1v) is 9.38. The van der Waals surface area contributed by atoms with Crippen molar-refractivity contribution in [2.45, 2.75) is 46.2 Å². The van der Waals surface area contributed by atoms with Crippen LogP contribution in [0.3, 0.4) is 0 Å². The molecule has 1 aliphatic heterocycles. The van der Waals surface area contributed by atoms with Gasteiger partial charge in [-0.1, -0.05) is 19.9 Å². The summed E-state index contributed by atoms with van der Waals surface area (Å²) in [5, 5.41) is 13.5. The van der Waals surface area contributed by atoms with E-state index in [1.54, 1.807) is 24.4 Å². The van der Waals surface area contributed by atoms with E-state index in [9.17, 15) is 14.7 Å². The van der Waals surface area contributed by atoms with E-state index in [4.69, 9.17) is 4.74 Å². The first-order chi connectivity index (χ1) is 12.9. The Hall–Kier alpha value is -2.54. The number of aromatic nitrogens is 1. The summed E-state index contributed by atoms with van der Waals surface area (Å²) < 4.78 is 6.32. The Morgan fingerprint density at radius 3 is 2.70 bits per heavy atom. The maximum absolute atomic E-state index is 12.8. The maximum Gasteiger partial charge on any atom is 0.407 e. The van der Waals surface area contributed by atoms with Crippen LogP contribution in [0.1, 0.15) is 38.1 Å². The summed E-state index contributed by atoms with van der Waals surface area (Å²) in [6, 6.07) is 4.81. The first kappa shape index (κ1) is 20.8. The van der Waals surface area contributed by atoms with Crippen LogP contribution in [0.15, 0.2) is 24.4 Å². The molecule has 3 rings (SSSR count). The van der Waals surface area contributed by atoms with Crippen molar-refractivity contribution >= 4 is 22.9 Å². The Morgan fingerprint density at radius 2 is 2.11 bits per heavy atom. The van der Waals surface area contributed by atoms with E-state index in [1.807, 2.05) is 20.9 Å². The monoisotopic (exact) mass is 375 g/mol. The smallest absolute Gasteiger partial charge is 0.407 e. The van der Waals surface area contributed by atoms with Crippen molar-refractivity contribution in [1.82, 2.24) is 14.8 Å². The first-order valence-electron chi connectivity index (χ1n) is 9.38. The molecule has 7 nitrogen and oxygen atoms in total. The zero-order valence-electron chi connectivity index (χ0n) is 16.7. The van der Waals surface area contributed by atoms with Crippen molar-refractivity contribution in [2.24, 2.45) is 0 Å². The molecule has 1 aromatic carbocycles. The molecular weight excluding hydrogens is 346 g/mol. The molecule has 27 heavy (non-hydrogen) atoms. The third-order valence-corrected chi connectivity index (χ3v) is 4.71. The number of benzene rings is 1. The molecule has 1 saturated heterocycles. The van der Waals surface area contributed by atoms with E-state index in [0.29, 0.717) is 23.4 Å². The van der Waals surface area contributed by atoms with E-state index < -0.39 is 12.1 Å². The van der Waals surface area contributed by atoms with Gasteiger partial charge in [-0.2, -0.15) is 0 Å². The fourth-order valence-electron chi connectivity index (χ4n) is 2.96. The number of likely N-dealkylation sites (N-methyl/N-ethyl adjacent to an activating group) is 1. The zero-order chi connectivity index (χ0) is 20.1. The highest BCUT2D eigenvalue weighted by atomic mass is 16.6. The van der Waals surface area contributed by atoms with Crippen LogP contribution in [0.4, 0.5) is 4.79 Å². The van der Waals surface area contributed by atoms with Crippen molar-refractivity contribution in [1.29, 1.82) is 0 Å². The number of phenolic OH excluding ortho intramolecular Hbond substituents is 1. The Bertz CT molecular complexity index is 813. The standard InChI is InChI=1S/C18H23N3O4.C2H6/c1-11(2)20(3)8-7-12-9-21(14-5-4-6-15(22)16(12)14)17(23)13-10-25-18(24)19-13;1-2/h4-6,9,11,13,22H,7-8,10H2,1-3H3,(H,19,24);1-2H3. The lowest BCUT2D eigenvalue weighted by molar-refractivity contribution is 0.0866. The van der Waals surface area contributed by atoms with Crippen LogP contribution in [0.2, 0.25) is 0 Å². The Labute approximate surface area is 159 Å². The van der Waals surface area contributed by atoms with Gasteiger partial charge in [0.25, 0.3) is 5.91 Å². The summed E-state index contributed by atoms with van der Waals surface area (Å²) in [6.45, 7) is 9.06. The number of carbonyl (C=O) groups excluding carboxylic acids is 2. The average Bonchev–Trinajstić information content (AvgIpc) is 3.25. The number of ether oxygens (including phenoxy) is 1. The predicted molar refractivity (Wildman–Crippen MR) is 105 cm³/mol. The maximum atomic E-state index is 12.8. The van der Waals surface area contributed by atoms with Crippen molar-refractivity contribution in [3.8, 4) is 5.75 Å². The number of hydrogen-bond acceptors (Lipinski definition) is 5. The van der Waals surface area contributed by atoms with E-state index >= 15 is 0 Å². The largest absolute Gasteiger partial charge is 0.507 e. The SMILES string of the molecule is CC.CC(C)N(C)CCc1cn(C(=O)C2COC(=O)N2)c2cccc(O)c12. The van der Waals surface area contributed by atoms with E-state index in [2.05, 4.69) is 24.1 Å². The van der Waals surface area contributed by atoms with Gasteiger partial charge in [0.15, 0.2) is 0 Å². The van der Waals surface area contributed by atoms with E-state index in [0.717, 1.165) is 12.1 Å². The third-order valence-electron chi connectivity index (χ3n) is 4.71. The third kappa shape index (κ3) is 4.42. The van der Waals surface area contributed by atoms with Gasteiger partial charge in [0.1, 0.15) is 18.4 Å². The lowest BCUT2D eigenvalue weighted by atomic mass is 10.1. The van der Waals surface area contributed by atoms with Gasteiger partial charge in [-0.05, 0) is 45.0 Å². The minimum atomic E-state index is -0.711. The molecular formula is C20H29N3O4. The van der Waals surface area contributed by atoms with Gasteiger partial charge in [-0.25, -0.2) is 4.79 Å².